The van der Waals surface area contributed by atoms with E-state index in [1.165, 1.54) is 18.7 Å². The summed E-state index contributed by atoms with van der Waals surface area (Å²) >= 11 is 0. The maximum Gasteiger partial charge on any atom is 0.323 e. The van der Waals surface area contributed by atoms with E-state index < -0.39 is 34.1 Å². The molecule has 5 N–H and O–H groups in total. The Labute approximate surface area is 257 Å². The molecule has 44 heavy (non-hydrogen) atoms. The van der Waals surface area contributed by atoms with E-state index in [1.54, 1.807) is 36.5 Å². The number of rotatable bonds is 15. The summed E-state index contributed by atoms with van der Waals surface area (Å²) < 4.78 is 32.8. The molecule has 0 aliphatic heterocycles. The first-order valence-electron chi connectivity index (χ1n) is 14.2. The van der Waals surface area contributed by atoms with Crippen molar-refractivity contribution in [3.63, 3.8) is 0 Å². The van der Waals surface area contributed by atoms with Crippen molar-refractivity contribution < 1.29 is 32.6 Å². The minimum atomic E-state index is -3.75. The number of sulfonamides is 1. The number of carbonyl (C=O) groups excluding carboxylic acids is 2. The van der Waals surface area contributed by atoms with E-state index in [0.29, 0.717) is 34.8 Å². The Kier molecular flexibility index (Phi) is 11.9. The van der Waals surface area contributed by atoms with Gasteiger partial charge in [0.05, 0.1) is 43.3 Å². The number of benzene rings is 2. The molecule has 0 saturated carbocycles. The van der Waals surface area contributed by atoms with Crippen LogP contribution in [0, 0.1) is 12.8 Å². The van der Waals surface area contributed by atoms with Gasteiger partial charge in [0.15, 0.2) is 0 Å². The molecule has 1 aromatic heterocycles. The lowest BCUT2D eigenvalue weighted by atomic mass is 10.0. The van der Waals surface area contributed by atoms with Crippen LogP contribution in [0.5, 0.6) is 5.75 Å². The highest BCUT2D eigenvalue weighted by molar-refractivity contribution is 7.89. The number of para-hydroxylation sites is 1. The fourth-order valence-corrected chi connectivity index (χ4v) is 5.19. The third kappa shape index (κ3) is 10.1. The summed E-state index contributed by atoms with van der Waals surface area (Å²) in [6.45, 7) is 7.09. The fraction of sp³-hybridized carbons (Fsp3) is 0.400. The van der Waals surface area contributed by atoms with E-state index in [4.69, 9.17) is 4.74 Å². The third-order valence-corrected chi connectivity index (χ3v) is 8.11. The van der Waals surface area contributed by atoms with E-state index >= 15 is 0 Å². The van der Waals surface area contributed by atoms with Crippen molar-refractivity contribution in [1.29, 1.82) is 0 Å². The molecule has 0 aliphatic rings. The quantitative estimate of drug-likeness (QED) is 0.169. The first kappa shape index (κ1) is 34.1. The number of urea groups is 1. The lowest BCUT2D eigenvalue weighted by Crippen LogP contribution is -2.44. The minimum absolute atomic E-state index is 0.0290. The van der Waals surface area contributed by atoms with Gasteiger partial charge in [0.1, 0.15) is 11.8 Å². The molecule has 3 rings (SSSR count). The molecule has 0 saturated heterocycles. The van der Waals surface area contributed by atoms with Gasteiger partial charge in [-0.15, -0.1) is 0 Å². The smallest absolute Gasteiger partial charge is 0.323 e. The molecule has 0 fully saturated rings. The zero-order valence-electron chi connectivity index (χ0n) is 25.5. The van der Waals surface area contributed by atoms with E-state index in [0.717, 1.165) is 5.56 Å². The van der Waals surface area contributed by atoms with Crippen molar-refractivity contribution in [2.24, 2.45) is 5.92 Å². The van der Waals surface area contributed by atoms with Gasteiger partial charge in [-0.2, -0.15) is 9.82 Å². The third-order valence-electron chi connectivity index (χ3n) is 6.70. The van der Waals surface area contributed by atoms with Gasteiger partial charge >= 0.3 is 12.0 Å². The van der Waals surface area contributed by atoms with Crippen LogP contribution in [0.1, 0.15) is 50.1 Å². The largest absolute Gasteiger partial charge is 0.495 e. The van der Waals surface area contributed by atoms with Gasteiger partial charge in [-0.3, -0.25) is 14.3 Å². The first-order valence-corrected chi connectivity index (χ1v) is 15.8. The highest BCUT2D eigenvalue weighted by Gasteiger charge is 2.25. The molecule has 0 spiro atoms. The Morgan fingerprint density at radius 3 is 2.39 bits per heavy atom. The summed E-state index contributed by atoms with van der Waals surface area (Å²) in [6, 6.07) is 11.8. The summed E-state index contributed by atoms with van der Waals surface area (Å²) in [4.78, 5) is 37.3. The van der Waals surface area contributed by atoms with Crippen molar-refractivity contribution in [2.75, 3.05) is 23.5 Å². The highest BCUT2D eigenvalue weighted by Crippen LogP contribution is 2.27. The van der Waals surface area contributed by atoms with Crippen molar-refractivity contribution in [1.82, 2.24) is 19.8 Å². The standard InChI is InChI=1S/C30H40N6O7S/c1-6-44(41,42)35-26(29(38)39)18-36-14-13-23(34-36)25(15-19(2)3)31-28(37)17-21-11-12-24(27(16-21)43-5)33-30(40)32-22-10-8-7-9-20(22)4/h7-14,16,19,25-26,35H,6,15,17-18H2,1-5H3,(H,31,37)(H,38,39)(H2,32,33,40). The average molecular weight is 629 g/mol. The van der Waals surface area contributed by atoms with Crippen LogP contribution in [-0.4, -0.2) is 60.1 Å². The second-order valence-corrected chi connectivity index (χ2v) is 12.8. The predicted octanol–water partition coefficient (Wildman–Crippen LogP) is 3.68. The molecule has 238 valence electrons. The van der Waals surface area contributed by atoms with Gasteiger partial charge in [0, 0.05) is 11.9 Å². The van der Waals surface area contributed by atoms with Crippen molar-refractivity contribution >= 4 is 39.3 Å². The van der Waals surface area contributed by atoms with Crippen LogP contribution in [-0.2, 0) is 32.6 Å². The van der Waals surface area contributed by atoms with E-state index in [2.05, 4.69) is 25.8 Å². The van der Waals surface area contributed by atoms with Crippen LogP contribution in [0.25, 0.3) is 0 Å². The number of amides is 3. The SMILES string of the molecule is CCS(=O)(=O)NC(Cn1ccc(C(CC(C)C)NC(=O)Cc2ccc(NC(=O)Nc3ccccc3C)c(OC)c2)n1)C(=O)O. The highest BCUT2D eigenvalue weighted by atomic mass is 32.2. The van der Waals surface area contributed by atoms with Crippen LogP contribution in [0.4, 0.5) is 16.2 Å². The van der Waals surface area contributed by atoms with E-state index in [-0.39, 0.29) is 30.5 Å². The molecule has 0 bridgehead atoms. The molecule has 0 radical (unpaired) electrons. The number of aromatic nitrogens is 2. The summed E-state index contributed by atoms with van der Waals surface area (Å²) in [5, 5.41) is 22.5. The number of aliphatic carboxylic acids is 1. The second-order valence-electron chi connectivity index (χ2n) is 10.7. The molecule has 2 atom stereocenters. The summed E-state index contributed by atoms with van der Waals surface area (Å²) in [5.41, 5.74) is 3.21. The van der Waals surface area contributed by atoms with E-state index in [9.17, 15) is 27.9 Å². The first-order chi connectivity index (χ1) is 20.8. The number of hydrogen-bond acceptors (Lipinski definition) is 7. The zero-order valence-corrected chi connectivity index (χ0v) is 26.3. The second kappa shape index (κ2) is 15.3. The predicted molar refractivity (Wildman–Crippen MR) is 167 cm³/mol. The molecule has 1 heterocycles. The summed E-state index contributed by atoms with van der Waals surface area (Å²) in [7, 11) is -2.27. The van der Waals surface area contributed by atoms with Crippen molar-refractivity contribution in [3.8, 4) is 5.75 Å². The molecule has 13 nitrogen and oxygen atoms in total. The Balaban J connectivity index is 1.68. The molecular formula is C30H40N6O7S. The number of carboxylic acids is 1. The average Bonchev–Trinajstić information content (AvgIpc) is 3.42. The number of carboxylic acid groups (broad SMARTS) is 1. The van der Waals surface area contributed by atoms with Gasteiger partial charge in [0.25, 0.3) is 0 Å². The van der Waals surface area contributed by atoms with E-state index in [1.807, 2.05) is 39.0 Å². The Hall–Kier alpha value is -4.43. The number of carbonyl (C=O) groups is 3. The normalized spacial score (nSPS) is 12.8. The van der Waals surface area contributed by atoms with Crippen LogP contribution in [0.15, 0.2) is 54.7 Å². The number of methoxy groups -OCH3 is 1. The fourth-order valence-electron chi connectivity index (χ4n) is 4.41. The summed E-state index contributed by atoms with van der Waals surface area (Å²) in [6.07, 6.45) is 2.15. The Morgan fingerprint density at radius 2 is 1.75 bits per heavy atom. The monoisotopic (exact) mass is 628 g/mol. The number of anilines is 2. The van der Waals surface area contributed by atoms with Crippen LogP contribution in [0.3, 0.4) is 0 Å². The Bertz CT molecular complexity index is 1570. The van der Waals surface area contributed by atoms with Gasteiger partial charge < -0.3 is 25.8 Å². The maximum atomic E-state index is 13.1. The van der Waals surface area contributed by atoms with Crippen molar-refractivity contribution in [3.05, 3.63) is 71.5 Å². The Morgan fingerprint density at radius 1 is 1.05 bits per heavy atom. The molecular weight excluding hydrogens is 588 g/mol. The van der Waals surface area contributed by atoms with Crippen LogP contribution in [0.2, 0.25) is 0 Å². The lowest BCUT2D eigenvalue weighted by molar-refractivity contribution is -0.139. The number of nitrogens with one attached hydrogen (secondary N) is 4. The maximum absolute atomic E-state index is 13.1. The topological polar surface area (TPSA) is 181 Å². The number of hydrogen-bond donors (Lipinski definition) is 5. The van der Waals surface area contributed by atoms with Crippen LogP contribution < -0.4 is 25.4 Å². The van der Waals surface area contributed by atoms with Crippen molar-refractivity contribution in [2.45, 2.75) is 59.2 Å². The summed E-state index contributed by atoms with van der Waals surface area (Å²) in [5.74, 6) is -1.26. The van der Waals surface area contributed by atoms with Gasteiger partial charge in [-0.1, -0.05) is 38.1 Å². The van der Waals surface area contributed by atoms with Gasteiger partial charge in [-0.25, -0.2) is 13.2 Å². The molecule has 3 aromatic rings. The molecule has 2 aromatic carbocycles. The molecule has 0 aliphatic carbocycles. The number of nitrogens with zero attached hydrogens (tertiary/aromatic N) is 2. The van der Waals surface area contributed by atoms with Gasteiger partial charge in [-0.05, 0) is 61.6 Å². The molecule has 2 unspecified atom stereocenters. The lowest BCUT2D eigenvalue weighted by Gasteiger charge is -2.19. The van der Waals surface area contributed by atoms with Crippen LogP contribution >= 0.6 is 0 Å². The molecule has 14 heteroatoms. The zero-order chi connectivity index (χ0) is 32.4. The van der Waals surface area contributed by atoms with Gasteiger partial charge in [0.2, 0.25) is 15.9 Å². The molecule has 3 amide bonds. The number of aryl methyl sites for hydroxylation is 1. The number of ether oxygens (including phenoxy) is 1. The minimum Gasteiger partial charge on any atom is -0.495 e.